The lowest BCUT2D eigenvalue weighted by Crippen LogP contribution is -2.38. The van der Waals surface area contributed by atoms with Crippen LogP contribution >= 0.6 is 20.8 Å². The zero-order valence-corrected chi connectivity index (χ0v) is 19.5. The second kappa shape index (κ2) is 10.6. The molecule has 0 saturated carbocycles. The number of benzene rings is 2. The standard InChI is InChI=1S/C22H24ClN6O2P/c1-30-19-12-18(26-17-4-2-3-16(23)11-17)6-5-15(19)13-25-28-22-24-14-20(32)21(27-22)29-7-9-31-10-8-29/h2-6,11-14,26H,7-10,32H2,1H3,(H,24,27,28)/b25-13+. The fraction of sp³-hybridized carbons (Fsp3) is 0.227. The van der Waals surface area contributed by atoms with Gasteiger partial charge in [0.25, 0.3) is 0 Å². The molecule has 3 aromatic rings. The molecule has 0 bridgehead atoms. The van der Waals surface area contributed by atoms with Crippen LogP contribution in [0.5, 0.6) is 5.75 Å². The molecule has 1 aliphatic heterocycles. The molecule has 4 rings (SSSR count). The first kappa shape index (κ1) is 22.3. The first-order valence-corrected chi connectivity index (χ1v) is 11.0. The van der Waals surface area contributed by atoms with Gasteiger partial charge in [0.2, 0.25) is 5.95 Å². The SMILES string of the molecule is COc1cc(Nc2cccc(Cl)c2)ccc1/C=N/Nc1ncc(P)c(N2CCOCC2)n1. The normalized spacial score (nSPS) is 13.9. The van der Waals surface area contributed by atoms with Gasteiger partial charge in [0.1, 0.15) is 11.6 Å². The van der Waals surface area contributed by atoms with Crippen LogP contribution in [-0.2, 0) is 4.74 Å². The largest absolute Gasteiger partial charge is 0.496 e. The summed E-state index contributed by atoms with van der Waals surface area (Å²) in [7, 11) is 4.30. The van der Waals surface area contributed by atoms with Gasteiger partial charge in [0, 0.05) is 52.6 Å². The molecule has 2 N–H and O–H groups in total. The molecule has 0 aliphatic carbocycles. The molecule has 166 valence electrons. The number of hydrogen-bond donors (Lipinski definition) is 2. The van der Waals surface area contributed by atoms with Gasteiger partial charge in [-0.1, -0.05) is 26.9 Å². The van der Waals surface area contributed by atoms with Crippen molar-refractivity contribution in [1.82, 2.24) is 9.97 Å². The Bertz CT molecular complexity index is 1110. The van der Waals surface area contributed by atoms with Gasteiger partial charge in [-0.2, -0.15) is 10.1 Å². The number of aromatic nitrogens is 2. The van der Waals surface area contributed by atoms with Crippen molar-refractivity contribution >= 4 is 55.5 Å². The minimum absolute atomic E-state index is 0.423. The number of nitrogens with zero attached hydrogens (tertiary/aromatic N) is 4. The maximum absolute atomic E-state index is 6.06. The van der Waals surface area contributed by atoms with Gasteiger partial charge in [0.15, 0.2) is 0 Å². The van der Waals surface area contributed by atoms with Crippen molar-refractivity contribution in [1.29, 1.82) is 0 Å². The topological polar surface area (TPSA) is 83.9 Å². The summed E-state index contributed by atoms with van der Waals surface area (Å²) in [5.74, 6) is 1.96. The summed E-state index contributed by atoms with van der Waals surface area (Å²) in [6, 6.07) is 13.3. The molecular weight excluding hydrogens is 447 g/mol. The zero-order valence-electron chi connectivity index (χ0n) is 17.6. The molecule has 32 heavy (non-hydrogen) atoms. The first-order valence-electron chi connectivity index (χ1n) is 10.1. The maximum atomic E-state index is 6.06. The van der Waals surface area contributed by atoms with Crippen LogP contribution in [0.15, 0.2) is 53.8 Å². The van der Waals surface area contributed by atoms with Gasteiger partial charge >= 0.3 is 0 Å². The smallest absolute Gasteiger partial charge is 0.245 e. The van der Waals surface area contributed by atoms with Crippen molar-refractivity contribution in [2.75, 3.05) is 49.1 Å². The molecule has 2 aromatic carbocycles. The lowest BCUT2D eigenvalue weighted by Gasteiger charge is -2.28. The quantitative estimate of drug-likeness (QED) is 0.309. The summed E-state index contributed by atoms with van der Waals surface area (Å²) in [4.78, 5) is 11.1. The van der Waals surface area contributed by atoms with E-state index in [1.54, 1.807) is 19.5 Å². The predicted molar refractivity (Wildman–Crippen MR) is 133 cm³/mol. The Morgan fingerprint density at radius 3 is 2.78 bits per heavy atom. The van der Waals surface area contributed by atoms with Gasteiger partial charge in [-0.05, 0) is 30.3 Å². The molecular formula is C22H24ClN6O2P. The number of ether oxygens (including phenoxy) is 2. The lowest BCUT2D eigenvalue weighted by atomic mass is 10.2. The predicted octanol–water partition coefficient (Wildman–Crippen LogP) is 3.67. The summed E-state index contributed by atoms with van der Waals surface area (Å²) < 4.78 is 10.9. The average Bonchev–Trinajstić information content (AvgIpc) is 2.81. The van der Waals surface area contributed by atoms with Crippen molar-refractivity contribution in [2.24, 2.45) is 5.10 Å². The van der Waals surface area contributed by atoms with Crippen LogP contribution in [0.4, 0.5) is 23.1 Å². The Morgan fingerprint density at radius 2 is 2.00 bits per heavy atom. The molecule has 2 heterocycles. The number of methoxy groups -OCH3 is 1. The number of nitrogens with one attached hydrogen (secondary N) is 2. The van der Waals surface area contributed by atoms with Gasteiger partial charge in [-0.15, -0.1) is 0 Å². The van der Waals surface area contributed by atoms with E-state index in [9.17, 15) is 0 Å². The van der Waals surface area contributed by atoms with Gasteiger partial charge in [-0.25, -0.2) is 10.4 Å². The highest BCUT2D eigenvalue weighted by Gasteiger charge is 2.15. The first-order chi connectivity index (χ1) is 15.6. The third-order valence-corrected chi connectivity index (χ3v) is 5.46. The number of halogens is 1. The second-order valence-corrected chi connectivity index (χ2v) is 8.09. The molecule has 0 spiro atoms. The van der Waals surface area contributed by atoms with Crippen molar-refractivity contribution in [3.8, 4) is 5.75 Å². The molecule has 1 aromatic heterocycles. The van der Waals surface area contributed by atoms with Crippen LogP contribution in [0.25, 0.3) is 0 Å². The highest BCUT2D eigenvalue weighted by atomic mass is 35.5. The fourth-order valence-corrected chi connectivity index (χ4v) is 3.76. The Labute approximate surface area is 194 Å². The highest BCUT2D eigenvalue weighted by Crippen LogP contribution is 2.26. The molecule has 8 nitrogen and oxygen atoms in total. The molecule has 1 unspecified atom stereocenters. The van der Waals surface area contributed by atoms with Crippen LogP contribution in [0.1, 0.15) is 5.56 Å². The number of hydrazone groups is 1. The van der Waals surface area contributed by atoms with Crippen molar-refractivity contribution in [3.63, 3.8) is 0 Å². The summed E-state index contributed by atoms with van der Waals surface area (Å²) in [6.45, 7) is 2.98. The highest BCUT2D eigenvalue weighted by molar-refractivity contribution is 7.28. The van der Waals surface area contributed by atoms with Crippen molar-refractivity contribution < 1.29 is 9.47 Å². The van der Waals surface area contributed by atoms with Crippen molar-refractivity contribution in [2.45, 2.75) is 0 Å². The maximum Gasteiger partial charge on any atom is 0.245 e. The molecule has 0 radical (unpaired) electrons. The molecule has 10 heteroatoms. The van der Waals surface area contributed by atoms with E-state index in [-0.39, 0.29) is 0 Å². The molecule has 1 saturated heterocycles. The molecule has 0 amide bonds. The van der Waals surface area contributed by atoms with E-state index in [1.165, 1.54) is 0 Å². The molecule has 1 atom stereocenters. The third-order valence-electron chi connectivity index (χ3n) is 4.82. The zero-order chi connectivity index (χ0) is 22.3. The summed E-state index contributed by atoms with van der Waals surface area (Å²) in [5.41, 5.74) is 5.49. The monoisotopic (exact) mass is 470 g/mol. The number of anilines is 4. The van der Waals surface area contributed by atoms with E-state index in [4.69, 9.17) is 21.1 Å². The minimum Gasteiger partial charge on any atom is -0.496 e. The van der Waals surface area contributed by atoms with Crippen LogP contribution < -0.4 is 25.7 Å². The van der Waals surface area contributed by atoms with E-state index in [2.05, 4.69) is 40.0 Å². The number of hydrogen-bond acceptors (Lipinski definition) is 8. The Kier molecular flexibility index (Phi) is 7.37. The van der Waals surface area contributed by atoms with E-state index < -0.39 is 0 Å². The van der Waals surface area contributed by atoms with Gasteiger partial charge < -0.3 is 19.7 Å². The van der Waals surface area contributed by atoms with Gasteiger partial charge in [0.05, 0.1) is 26.5 Å². The van der Waals surface area contributed by atoms with E-state index in [1.807, 2.05) is 42.5 Å². The molecule has 1 aliphatic rings. The van der Waals surface area contributed by atoms with Crippen LogP contribution in [-0.4, -0.2) is 49.6 Å². The number of morpholine rings is 1. The van der Waals surface area contributed by atoms with Crippen LogP contribution in [0.3, 0.4) is 0 Å². The summed E-state index contributed by atoms with van der Waals surface area (Å²) >= 11 is 6.06. The Hall–Kier alpha value is -2.93. The third kappa shape index (κ3) is 5.65. The minimum atomic E-state index is 0.423. The summed E-state index contributed by atoms with van der Waals surface area (Å²) in [5, 5.41) is 9.21. The average molecular weight is 471 g/mol. The summed E-state index contributed by atoms with van der Waals surface area (Å²) in [6.07, 6.45) is 3.44. The van der Waals surface area contributed by atoms with Crippen LogP contribution in [0.2, 0.25) is 5.02 Å². The van der Waals surface area contributed by atoms with E-state index in [0.717, 1.165) is 41.2 Å². The van der Waals surface area contributed by atoms with Crippen molar-refractivity contribution in [3.05, 3.63) is 59.2 Å². The number of rotatable bonds is 7. The lowest BCUT2D eigenvalue weighted by molar-refractivity contribution is 0.122. The van der Waals surface area contributed by atoms with E-state index >= 15 is 0 Å². The van der Waals surface area contributed by atoms with Gasteiger partial charge in [-0.3, -0.25) is 0 Å². The Balaban J connectivity index is 1.45. The Morgan fingerprint density at radius 1 is 1.19 bits per heavy atom. The fourth-order valence-electron chi connectivity index (χ4n) is 3.25. The second-order valence-electron chi connectivity index (χ2n) is 7.03. The van der Waals surface area contributed by atoms with E-state index in [0.29, 0.717) is 29.9 Å². The van der Waals surface area contributed by atoms with Crippen LogP contribution in [0, 0.1) is 0 Å². The molecule has 1 fully saturated rings.